The lowest BCUT2D eigenvalue weighted by molar-refractivity contribution is 0.0941. The van der Waals surface area contributed by atoms with Gasteiger partial charge in [0.1, 0.15) is 5.69 Å². The van der Waals surface area contributed by atoms with Crippen molar-refractivity contribution in [2.24, 2.45) is 7.05 Å². The number of carbonyl (C=O) groups is 1. The summed E-state index contributed by atoms with van der Waals surface area (Å²) in [6, 6.07) is 3.59. The highest BCUT2D eigenvalue weighted by molar-refractivity contribution is 5.92. The molecule has 0 unspecified atom stereocenters. The van der Waals surface area contributed by atoms with Gasteiger partial charge in [-0.05, 0) is 30.2 Å². The van der Waals surface area contributed by atoms with Gasteiger partial charge >= 0.3 is 0 Å². The topological polar surface area (TPSA) is 59.8 Å². The van der Waals surface area contributed by atoms with Crippen LogP contribution >= 0.6 is 0 Å². The van der Waals surface area contributed by atoms with Crippen LogP contribution in [0.25, 0.3) is 0 Å². The Kier molecular flexibility index (Phi) is 3.18. The van der Waals surface area contributed by atoms with Crippen molar-refractivity contribution < 1.29 is 4.79 Å². The van der Waals surface area contributed by atoms with Crippen molar-refractivity contribution in [1.29, 1.82) is 0 Å². The van der Waals surface area contributed by atoms with E-state index < -0.39 is 0 Å². The number of nitrogens with one attached hydrogen (secondary N) is 1. The van der Waals surface area contributed by atoms with E-state index in [1.807, 2.05) is 13.0 Å². The van der Waals surface area contributed by atoms with Crippen LogP contribution in [0.3, 0.4) is 0 Å². The number of aryl methyl sites for hydroxylation is 2. The molecule has 5 nitrogen and oxygen atoms in total. The summed E-state index contributed by atoms with van der Waals surface area (Å²) in [5.74, 6) is -0.124. The van der Waals surface area contributed by atoms with E-state index in [4.69, 9.17) is 0 Å². The molecule has 2 aromatic rings. The van der Waals surface area contributed by atoms with Crippen LogP contribution in [0, 0.1) is 6.92 Å². The fraction of sp³-hybridized carbons (Fsp3) is 0.250. The fourth-order valence-electron chi connectivity index (χ4n) is 1.56. The number of aromatic nitrogens is 3. The zero-order valence-electron chi connectivity index (χ0n) is 9.84. The van der Waals surface area contributed by atoms with Gasteiger partial charge in [-0.25, -0.2) is 0 Å². The summed E-state index contributed by atoms with van der Waals surface area (Å²) in [5, 5.41) is 6.81. The standard InChI is InChI=1S/C12H14N4O/c1-9-7-13-5-3-10(9)8-14-12(17)11-4-6-15-16(11)2/h3-7H,8H2,1-2H3,(H,14,17). The zero-order chi connectivity index (χ0) is 12.3. The molecule has 1 N–H and O–H groups in total. The minimum absolute atomic E-state index is 0.124. The number of rotatable bonds is 3. The second-order valence-corrected chi connectivity index (χ2v) is 3.82. The molecule has 0 atom stereocenters. The zero-order valence-corrected chi connectivity index (χ0v) is 9.84. The van der Waals surface area contributed by atoms with Gasteiger partial charge in [-0.2, -0.15) is 5.10 Å². The van der Waals surface area contributed by atoms with E-state index in [-0.39, 0.29) is 5.91 Å². The Balaban J connectivity index is 2.02. The van der Waals surface area contributed by atoms with E-state index in [1.165, 1.54) is 0 Å². The van der Waals surface area contributed by atoms with Crippen molar-refractivity contribution in [2.45, 2.75) is 13.5 Å². The van der Waals surface area contributed by atoms with Crippen LogP contribution in [0.5, 0.6) is 0 Å². The van der Waals surface area contributed by atoms with Gasteiger partial charge in [-0.15, -0.1) is 0 Å². The number of pyridine rings is 1. The van der Waals surface area contributed by atoms with Gasteiger partial charge in [0.15, 0.2) is 0 Å². The Labute approximate surface area is 99.5 Å². The Morgan fingerprint density at radius 3 is 2.88 bits per heavy atom. The molecule has 88 valence electrons. The maximum atomic E-state index is 11.8. The highest BCUT2D eigenvalue weighted by atomic mass is 16.2. The largest absolute Gasteiger partial charge is 0.347 e. The van der Waals surface area contributed by atoms with Gasteiger partial charge in [0.05, 0.1) is 0 Å². The number of hydrogen-bond donors (Lipinski definition) is 1. The van der Waals surface area contributed by atoms with E-state index in [0.29, 0.717) is 12.2 Å². The molecule has 2 heterocycles. The Morgan fingerprint density at radius 2 is 2.24 bits per heavy atom. The number of hydrogen-bond acceptors (Lipinski definition) is 3. The van der Waals surface area contributed by atoms with Gasteiger partial charge in [-0.1, -0.05) is 0 Å². The molecule has 0 bridgehead atoms. The third-order valence-corrected chi connectivity index (χ3v) is 2.63. The molecule has 0 saturated carbocycles. The third-order valence-electron chi connectivity index (χ3n) is 2.63. The van der Waals surface area contributed by atoms with Crippen LogP contribution in [-0.4, -0.2) is 20.7 Å². The maximum absolute atomic E-state index is 11.8. The van der Waals surface area contributed by atoms with Crippen molar-refractivity contribution in [3.8, 4) is 0 Å². The predicted octanol–water partition coefficient (Wildman–Crippen LogP) is 1.05. The summed E-state index contributed by atoms with van der Waals surface area (Å²) < 4.78 is 1.55. The maximum Gasteiger partial charge on any atom is 0.269 e. The molecule has 0 radical (unpaired) electrons. The molecule has 2 rings (SSSR count). The molecule has 2 aromatic heterocycles. The number of amides is 1. The quantitative estimate of drug-likeness (QED) is 0.857. The molecule has 0 fully saturated rings. The fourth-order valence-corrected chi connectivity index (χ4v) is 1.56. The summed E-state index contributed by atoms with van der Waals surface area (Å²) in [6.07, 6.45) is 5.11. The lowest BCUT2D eigenvalue weighted by Gasteiger charge is -2.07. The van der Waals surface area contributed by atoms with E-state index in [0.717, 1.165) is 11.1 Å². The molecular weight excluding hydrogens is 216 g/mol. The first-order valence-electron chi connectivity index (χ1n) is 5.34. The van der Waals surface area contributed by atoms with Crippen LogP contribution in [0.2, 0.25) is 0 Å². The van der Waals surface area contributed by atoms with Crippen molar-refractivity contribution >= 4 is 5.91 Å². The lowest BCUT2D eigenvalue weighted by atomic mass is 10.1. The minimum Gasteiger partial charge on any atom is -0.347 e. The first-order chi connectivity index (χ1) is 8.18. The van der Waals surface area contributed by atoms with Crippen LogP contribution in [-0.2, 0) is 13.6 Å². The van der Waals surface area contributed by atoms with Crippen molar-refractivity contribution in [1.82, 2.24) is 20.1 Å². The predicted molar refractivity (Wildman–Crippen MR) is 63.4 cm³/mol. The summed E-state index contributed by atoms with van der Waals surface area (Å²) >= 11 is 0. The van der Waals surface area contributed by atoms with E-state index >= 15 is 0 Å². The van der Waals surface area contributed by atoms with Crippen LogP contribution < -0.4 is 5.32 Å². The minimum atomic E-state index is -0.124. The van der Waals surface area contributed by atoms with Gasteiger partial charge in [0.2, 0.25) is 0 Å². The van der Waals surface area contributed by atoms with Gasteiger partial charge in [0.25, 0.3) is 5.91 Å². The second kappa shape index (κ2) is 4.78. The first kappa shape index (κ1) is 11.3. The molecule has 5 heteroatoms. The molecule has 0 aliphatic rings. The normalized spacial score (nSPS) is 10.2. The average Bonchev–Trinajstić information content (AvgIpc) is 2.74. The molecule has 0 saturated heterocycles. The summed E-state index contributed by atoms with van der Waals surface area (Å²) in [4.78, 5) is 15.8. The molecule has 17 heavy (non-hydrogen) atoms. The number of carbonyl (C=O) groups excluding carboxylic acids is 1. The molecule has 0 aliphatic carbocycles. The highest BCUT2D eigenvalue weighted by Crippen LogP contribution is 2.05. The molecular formula is C12H14N4O. The van der Waals surface area contributed by atoms with E-state index in [1.54, 1.807) is 36.4 Å². The second-order valence-electron chi connectivity index (χ2n) is 3.82. The Morgan fingerprint density at radius 1 is 1.41 bits per heavy atom. The van der Waals surface area contributed by atoms with Crippen molar-refractivity contribution in [3.63, 3.8) is 0 Å². The highest BCUT2D eigenvalue weighted by Gasteiger charge is 2.09. The SMILES string of the molecule is Cc1cnccc1CNC(=O)c1ccnn1C. The summed E-state index contributed by atoms with van der Waals surface area (Å²) in [7, 11) is 1.74. The first-order valence-corrected chi connectivity index (χ1v) is 5.34. The lowest BCUT2D eigenvalue weighted by Crippen LogP contribution is -2.25. The third kappa shape index (κ3) is 2.50. The van der Waals surface area contributed by atoms with Gasteiger partial charge < -0.3 is 5.32 Å². The van der Waals surface area contributed by atoms with Gasteiger partial charge in [0, 0.05) is 32.2 Å². The van der Waals surface area contributed by atoms with E-state index in [9.17, 15) is 4.79 Å². The molecule has 0 aliphatic heterocycles. The summed E-state index contributed by atoms with van der Waals surface area (Å²) in [6.45, 7) is 2.47. The Hall–Kier alpha value is -2.17. The average molecular weight is 230 g/mol. The van der Waals surface area contributed by atoms with Gasteiger partial charge in [-0.3, -0.25) is 14.5 Å². The van der Waals surface area contributed by atoms with E-state index in [2.05, 4.69) is 15.4 Å². The van der Waals surface area contributed by atoms with Crippen LogP contribution in [0.15, 0.2) is 30.7 Å². The summed E-state index contributed by atoms with van der Waals surface area (Å²) in [5.41, 5.74) is 2.69. The number of nitrogens with zero attached hydrogens (tertiary/aromatic N) is 3. The van der Waals surface area contributed by atoms with Crippen molar-refractivity contribution in [3.05, 3.63) is 47.5 Å². The van der Waals surface area contributed by atoms with Crippen LogP contribution in [0.1, 0.15) is 21.6 Å². The molecule has 1 amide bonds. The van der Waals surface area contributed by atoms with Crippen LogP contribution in [0.4, 0.5) is 0 Å². The molecule has 0 aromatic carbocycles. The molecule has 0 spiro atoms. The monoisotopic (exact) mass is 230 g/mol. The van der Waals surface area contributed by atoms with Crippen molar-refractivity contribution in [2.75, 3.05) is 0 Å². The Bertz CT molecular complexity index is 533. The smallest absolute Gasteiger partial charge is 0.269 e.